The van der Waals surface area contributed by atoms with Gasteiger partial charge >= 0.3 is 18.1 Å². The third kappa shape index (κ3) is 11.4. The summed E-state index contributed by atoms with van der Waals surface area (Å²) >= 11 is 0. The quantitative estimate of drug-likeness (QED) is 0.0685. The van der Waals surface area contributed by atoms with Gasteiger partial charge in [0.05, 0.1) is 22.0 Å². The number of anilines is 2. The summed E-state index contributed by atoms with van der Waals surface area (Å²) in [7, 11) is -3.78. The third-order valence-corrected chi connectivity index (χ3v) is 9.35. The van der Waals surface area contributed by atoms with Crippen LogP contribution in [0.2, 0.25) is 0 Å². The van der Waals surface area contributed by atoms with Crippen LogP contribution in [0.25, 0.3) is 0 Å². The normalized spacial score (nSPS) is 11.6. The summed E-state index contributed by atoms with van der Waals surface area (Å²) in [5, 5.41) is 28.3. The molecule has 4 aromatic carbocycles. The fourth-order valence-electron chi connectivity index (χ4n) is 5.21. The highest BCUT2D eigenvalue weighted by atomic mass is 32.2. The summed E-state index contributed by atoms with van der Waals surface area (Å²) < 4.78 is 31.8. The Labute approximate surface area is 289 Å². The standard InChI is InChI=1S/C36H38N4O9S/c1-2-20-37-35(43)38-30-10-5-11-33(23-30)50(47,48)24-26-7-4-8-27(21-26)28(22-34(41)42)9-3-6-25-12-14-29(15-13-25)39-36(44)49-32-18-16-31(17-19-32)40(45)46/h4-5,7-8,10-19,21,23,28H,2-3,6,9,20,22,24H2,1H3,(H,39,44)(H,41,42)(H2,37,38,43)/t28-/m1/s1. The van der Waals surface area contributed by atoms with E-state index in [9.17, 15) is 38.0 Å². The average Bonchev–Trinajstić information content (AvgIpc) is 3.08. The summed E-state index contributed by atoms with van der Waals surface area (Å²) in [4.78, 5) is 46.3. The van der Waals surface area contributed by atoms with Gasteiger partial charge in [-0.1, -0.05) is 49.4 Å². The number of sulfone groups is 1. The van der Waals surface area contributed by atoms with Gasteiger partial charge in [-0.25, -0.2) is 18.0 Å². The molecule has 0 fully saturated rings. The molecular formula is C36H38N4O9S. The summed E-state index contributed by atoms with van der Waals surface area (Å²) in [5.41, 5.74) is 2.93. The van der Waals surface area contributed by atoms with E-state index in [1.165, 1.54) is 36.4 Å². The zero-order chi connectivity index (χ0) is 36.1. The second-order valence-corrected chi connectivity index (χ2v) is 13.6. The Morgan fingerprint density at radius 3 is 2.28 bits per heavy atom. The van der Waals surface area contributed by atoms with E-state index in [2.05, 4.69) is 16.0 Å². The van der Waals surface area contributed by atoms with Crippen LogP contribution in [-0.2, 0) is 26.8 Å². The Balaban J connectivity index is 1.34. The molecule has 0 aromatic heterocycles. The van der Waals surface area contributed by atoms with Gasteiger partial charge in [0, 0.05) is 30.1 Å². The Hall–Kier alpha value is -5.76. The van der Waals surface area contributed by atoms with Gasteiger partial charge in [-0.05, 0) is 90.8 Å². The molecule has 0 bridgehead atoms. The number of amides is 3. The number of nitro groups is 1. The molecule has 0 heterocycles. The van der Waals surface area contributed by atoms with Gasteiger partial charge in [-0.3, -0.25) is 20.2 Å². The molecule has 13 nitrogen and oxygen atoms in total. The third-order valence-electron chi connectivity index (χ3n) is 7.66. The summed E-state index contributed by atoms with van der Waals surface area (Å²) in [6.07, 6.45) is 1.72. The van der Waals surface area contributed by atoms with Crippen LogP contribution in [0.5, 0.6) is 5.75 Å². The molecule has 0 unspecified atom stereocenters. The summed E-state index contributed by atoms with van der Waals surface area (Å²) in [6, 6.07) is 24.8. The van der Waals surface area contributed by atoms with E-state index in [-0.39, 0.29) is 34.4 Å². The molecule has 50 heavy (non-hydrogen) atoms. The second kappa shape index (κ2) is 17.6. The van der Waals surface area contributed by atoms with Crippen molar-refractivity contribution < 1.29 is 37.6 Å². The van der Waals surface area contributed by atoms with Crippen LogP contribution in [0, 0.1) is 10.1 Å². The van der Waals surface area contributed by atoms with Crippen molar-refractivity contribution in [2.24, 2.45) is 0 Å². The maximum absolute atomic E-state index is 13.3. The first-order chi connectivity index (χ1) is 23.9. The molecule has 0 spiro atoms. The van der Waals surface area contributed by atoms with Gasteiger partial charge in [-0.2, -0.15) is 0 Å². The maximum Gasteiger partial charge on any atom is 0.417 e. The van der Waals surface area contributed by atoms with Crippen LogP contribution < -0.4 is 20.7 Å². The number of benzene rings is 4. The van der Waals surface area contributed by atoms with E-state index < -0.39 is 32.9 Å². The SMILES string of the molecule is CCCNC(=O)Nc1cccc(S(=O)(=O)Cc2cccc([C@H](CCCc3ccc(NC(=O)Oc4ccc([N+](=O)[O-])cc4)cc3)CC(=O)O)c2)c1. The summed E-state index contributed by atoms with van der Waals surface area (Å²) in [6.45, 7) is 2.41. The molecule has 4 aromatic rings. The van der Waals surface area contributed by atoms with Crippen LogP contribution >= 0.6 is 0 Å². The van der Waals surface area contributed by atoms with Gasteiger partial charge in [-0.15, -0.1) is 0 Å². The molecule has 0 saturated carbocycles. The van der Waals surface area contributed by atoms with Gasteiger partial charge in [0.25, 0.3) is 5.69 Å². The molecule has 14 heteroatoms. The van der Waals surface area contributed by atoms with Gasteiger partial charge in [0.2, 0.25) is 0 Å². The number of nitrogens with zero attached hydrogens (tertiary/aromatic N) is 1. The number of urea groups is 1. The number of aryl methyl sites for hydroxylation is 1. The minimum Gasteiger partial charge on any atom is -0.481 e. The number of nitrogens with one attached hydrogen (secondary N) is 3. The Kier molecular flexibility index (Phi) is 13.0. The Morgan fingerprint density at radius 1 is 0.880 bits per heavy atom. The number of carbonyl (C=O) groups excluding carboxylic acids is 2. The number of hydrogen-bond acceptors (Lipinski definition) is 8. The lowest BCUT2D eigenvalue weighted by Gasteiger charge is -2.17. The van der Waals surface area contributed by atoms with Gasteiger partial charge < -0.3 is 20.5 Å². The topological polar surface area (TPSA) is 194 Å². The Bertz CT molecular complexity index is 1910. The van der Waals surface area contributed by atoms with Crippen molar-refractivity contribution in [1.29, 1.82) is 0 Å². The van der Waals surface area contributed by atoms with Crippen LogP contribution in [0.3, 0.4) is 0 Å². The fourth-order valence-corrected chi connectivity index (χ4v) is 6.59. The number of aliphatic carboxylic acids is 1. The molecule has 262 valence electrons. The zero-order valence-electron chi connectivity index (χ0n) is 27.3. The molecule has 0 aliphatic heterocycles. The van der Waals surface area contributed by atoms with Gasteiger partial charge in [0.15, 0.2) is 9.84 Å². The zero-order valence-corrected chi connectivity index (χ0v) is 28.1. The van der Waals surface area contributed by atoms with E-state index >= 15 is 0 Å². The van der Waals surface area contributed by atoms with E-state index in [4.69, 9.17) is 4.74 Å². The molecule has 0 aliphatic rings. The molecule has 1 atom stereocenters. The van der Waals surface area contributed by atoms with Crippen molar-refractivity contribution in [1.82, 2.24) is 5.32 Å². The van der Waals surface area contributed by atoms with Crippen molar-refractivity contribution in [2.45, 2.75) is 55.6 Å². The lowest BCUT2D eigenvalue weighted by molar-refractivity contribution is -0.384. The molecule has 4 N–H and O–H groups in total. The minimum absolute atomic E-state index is 0.0564. The smallest absolute Gasteiger partial charge is 0.417 e. The summed E-state index contributed by atoms with van der Waals surface area (Å²) in [5.74, 6) is -1.45. The number of carboxylic acids is 1. The van der Waals surface area contributed by atoms with Gasteiger partial charge in [0.1, 0.15) is 5.75 Å². The second-order valence-electron chi connectivity index (χ2n) is 11.6. The number of hydrogen-bond donors (Lipinski definition) is 4. The first-order valence-corrected chi connectivity index (χ1v) is 17.6. The lowest BCUT2D eigenvalue weighted by atomic mass is 9.89. The predicted octanol–water partition coefficient (Wildman–Crippen LogP) is 7.29. The fraction of sp³-hybridized carbons (Fsp3) is 0.250. The van der Waals surface area contributed by atoms with E-state index in [1.807, 2.05) is 19.1 Å². The van der Waals surface area contributed by atoms with E-state index in [0.717, 1.165) is 17.5 Å². The number of rotatable bonds is 16. The number of nitro benzene ring substituents is 1. The molecule has 4 rings (SSSR count). The number of non-ortho nitro benzene ring substituents is 1. The molecule has 3 amide bonds. The average molecular weight is 703 g/mol. The van der Waals surface area contributed by atoms with Crippen molar-refractivity contribution in [3.05, 3.63) is 124 Å². The maximum atomic E-state index is 13.3. The highest BCUT2D eigenvalue weighted by Gasteiger charge is 2.20. The van der Waals surface area contributed by atoms with E-state index in [0.29, 0.717) is 42.7 Å². The van der Waals surface area contributed by atoms with Crippen LogP contribution in [-0.4, -0.2) is 43.1 Å². The first kappa shape index (κ1) is 37.1. The monoisotopic (exact) mass is 702 g/mol. The molecule has 0 saturated heterocycles. The molecule has 0 aliphatic carbocycles. The molecule has 0 radical (unpaired) electrons. The number of ether oxygens (including phenoxy) is 1. The predicted molar refractivity (Wildman–Crippen MR) is 188 cm³/mol. The largest absolute Gasteiger partial charge is 0.481 e. The number of carboxylic acid groups (broad SMARTS) is 1. The lowest BCUT2D eigenvalue weighted by Crippen LogP contribution is -2.29. The van der Waals surface area contributed by atoms with Crippen LogP contribution in [0.4, 0.5) is 26.7 Å². The number of carbonyl (C=O) groups is 3. The highest BCUT2D eigenvalue weighted by molar-refractivity contribution is 7.90. The first-order valence-electron chi connectivity index (χ1n) is 15.9. The van der Waals surface area contributed by atoms with Crippen molar-refractivity contribution >= 4 is 45.0 Å². The molecular weight excluding hydrogens is 664 g/mol. The van der Waals surface area contributed by atoms with Crippen molar-refractivity contribution in [3.63, 3.8) is 0 Å². The van der Waals surface area contributed by atoms with Crippen LogP contribution in [0.15, 0.2) is 102 Å². The minimum atomic E-state index is -3.78. The highest BCUT2D eigenvalue weighted by Crippen LogP contribution is 2.29. The van der Waals surface area contributed by atoms with E-state index in [1.54, 1.807) is 48.5 Å². The van der Waals surface area contributed by atoms with Crippen molar-refractivity contribution in [3.8, 4) is 5.75 Å². The Morgan fingerprint density at radius 2 is 1.60 bits per heavy atom. The van der Waals surface area contributed by atoms with Crippen LogP contribution in [0.1, 0.15) is 55.2 Å². The van der Waals surface area contributed by atoms with Crippen molar-refractivity contribution in [2.75, 3.05) is 17.2 Å².